The van der Waals surface area contributed by atoms with Crippen LogP contribution in [0.2, 0.25) is 0 Å². The molecular weight excluding hydrogens is 256 g/mol. The van der Waals surface area contributed by atoms with E-state index in [-0.39, 0.29) is 0 Å². The summed E-state index contributed by atoms with van der Waals surface area (Å²) in [5.41, 5.74) is 1.05. The Kier molecular flexibility index (Phi) is 5.65. The van der Waals surface area contributed by atoms with Gasteiger partial charge in [0.1, 0.15) is 0 Å². The van der Waals surface area contributed by atoms with Crippen LogP contribution in [-0.4, -0.2) is 24.7 Å². The van der Waals surface area contributed by atoms with Crippen LogP contribution in [0.3, 0.4) is 0 Å². The second-order valence-electron chi connectivity index (χ2n) is 3.75. The first-order valence-electron chi connectivity index (χ1n) is 5.11. The molecule has 1 aromatic rings. The van der Waals surface area contributed by atoms with Crippen LogP contribution in [0, 0.1) is 5.92 Å². The number of pyridine rings is 1. The van der Waals surface area contributed by atoms with Gasteiger partial charge >= 0.3 is 0 Å². The zero-order chi connectivity index (χ0) is 11.1. The smallest absolute Gasteiger partial charge is 0.0639 e. The van der Waals surface area contributed by atoms with Gasteiger partial charge in [-0.05, 0) is 27.9 Å². The molecule has 84 valence electrons. The number of hydrogen-bond donors (Lipinski definition) is 1. The molecule has 0 aliphatic heterocycles. The Morgan fingerprint density at radius 2 is 2.33 bits per heavy atom. The molecule has 0 aliphatic carbocycles. The van der Waals surface area contributed by atoms with Gasteiger partial charge in [-0.2, -0.15) is 0 Å². The highest BCUT2D eigenvalue weighted by Crippen LogP contribution is 2.19. The predicted molar refractivity (Wildman–Crippen MR) is 66.1 cm³/mol. The maximum absolute atomic E-state index is 5.46. The molecule has 0 aliphatic rings. The fourth-order valence-electron chi connectivity index (χ4n) is 1.10. The molecule has 0 aromatic carbocycles. The van der Waals surface area contributed by atoms with Crippen molar-refractivity contribution in [2.24, 2.45) is 5.92 Å². The Morgan fingerprint density at radius 3 is 3.00 bits per heavy atom. The topological polar surface area (TPSA) is 34.1 Å². The third-order valence-electron chi connectivity index (χ3n) is 1.79. The van der Waals surface area contributed by atoms with Crippen LogP contribution in [0.4, 0.5) is 5.69 Å². The lowest BCUT2D eigenvalue weighted by molar-refractivity contribution is 0.118. The molecule has 15 heavy (non-hydrogen) atoms. The Morgan fingerprint density at radius 1 is 1.53 bits per heavy atom. The lowest BCUT2D eigenvalue weighted by Gasteiger charge is -2.09. The normalized spacial score (nSPS) is 10.7. The van der Waals surface area contributed by atoms with E-state index in [9.17, 15) is 0 Å². The molecule has 0 saturated heterocycles. The number of halogens is 1. The van der Waals surface area contributed by atoms with Crippen LogP contribution in [-0.2, 0) is 4.74 Å². The Balaban J connectivity index is 2.18. The molecule has 1 heterocycles. The Bertz CT molecular complexity index is 292. The van der Waals surface area contributed by atoms with Gasteiger partial charge in [-0.25, -0.2) is 0 Å². The molecule has 0 unspecified atom stereocenters. The van der Waals surface area contributed by atoms with Gasteiger partial charge in [-0.15, -0.1) is 0 Å². The second-order valence-corrected chi connectivity index (χ2v) is 4.61. The largest absolute Gasteiger partial charge is 0.382 e. The van der Waals surface area contributed by atoms with Crippen LogP contribution in [0.25, 0.3) is 0 Å². The zero-order valence-corrected chi connectivity index (χ0v) is 10.8. The van der Waals surface area contributed by atoms with Crippen molar-refractivity contribution in [3.05, 3.63) is 22.9 Å². The third kappa shape index (κ3) is 5.14. The summed E-state index contributed by atoms with van der Waals surface area (Å²) in [5, 5.41) is 3.27. The molecule has 1 N–H and O–H groups in total. The standard InChI is InChI=1S/C11H17BrN2O/c1-9(2)8-15-6-5-14-11-3-4-13-7-10(11)12/h3-4,7,9H,5-6,8H2,1-2H3,(H,13,14). The lowest BCUT2D eigenvalue weighted by Crippen LogP contribution is -2.12. The second kappa shape index (κ2) is 6.80. The van der Waals surface area contributed by atoms with Gasteiger partial charge in [-0.3, -0.25) is 4.98 Å². The van der Waals surface area contributed by atoms with E-state index >= 15 is 0 Å². The molecule has 4 heteroatoms. The number of rotatable bonds is 6. The van der Waals surface area contributed by atoms with Crippen LogP contribution in [0.15, 0.2) is 22.9 Å². The summed E-state index contributed by atoms with van der Waals surface area (Å²) in [7, 11) is 0. The minimum absolute atomic E-state index is 0.595. The maximum Gasteiger partial charge on any atom is 0.0639 e. The number of nitrogens with zero attached hydrogens (tertiary/aromatic N) is 1. The molecular formula is C11H17BrN2O. The zero-order valence-electron chi connectivity index (χ0n) is 9.16. The molecule has 0 fully saturated rings. The summed E-state index contributed by atoms with van der Waals surface area (Å²) in [6, 6.07) is 1.94. The Hall–Kier alpha value is -0.610. The fourth-order valence-corrected chi connectivity index (χ4v) is 1.49. The van der Waals surface area contributed by atoms with Gasteiger partial charge in [0.05, 0.1) is 16.8 Å². The van der Waals surface area contributed by atoms with Gasteiger partial charge in [0.15, 0.2) is 0 Å². The van der Waals surface area contributed by atoms with E-state index in [1.807, 2.05) is 6.07 Å². The minimum atomic E-state index is 0.595. The molecule has 0 bridgehead atoms. The molecule has 0 atom stereocenters. The highest BCUT2D eigenvalue weighted by molar-refractivity contribution is 9.10. The predicted octanol–water partition coefficient (Wildman–Crippen LogP) is 2.93. The van der Waals surface area contributed by atoms with Crippen molar-refractivity contribution in [3.8, 4) is 0 Å². The highest BCUT2D eigenvalue weighted by atomic mass is 79.9. The quantitative estimate of drug-likeness (QED) is 0.809. The summed E-state index contributed by atoms with van der Waals surface area (Å²) in [6.07, 6.45) is 3.54. The number of nitrogens with one attached hydrogen (secondary N) is 1. The van der Waals surface area contributed by atoms with Crippen LogP contribution < -0.4 is 5.32 Å². The van der Waals surface area contributed by atoms with E-state index in [1.165, 1.54) is 0 Å². The van der Waals surface area contributed by atoms with Crippen molar-refractivity contribution in [2.45, 2.75) is 13.8 Å². The van der Waals surface area contributed by atoms with E-state index < -0.39 is 0 Å². The first-order chi connectivity index (χ1) is 7.20. The summed E-state index contributed by atoms with van der Waals surface area (Å²) < 4.78 is 6.44. The van der Waals surface area contributed by atoms with Crippen molar-refractivity contribution in [3.63, 3.8) is 0 Å². The SMILES string of the molecule is CC(C)COCCNc1ccncc1Br. The van der Waals surface area contributed by atoms with Crippen molar-refractivity contribution in [1.82, 2.24) is 4.98 Å². The van der Waals surface area contributed by atoms with Crippen LogP contribution >= 0.6 is 15.9 Å². The maximum atomic E-state index is 5.46. The Labute approximate surface area is 99.4 Å². The molecule has 0 amide bonds. The minimum Gasteiger partial charge on any atom is -0.382 e. The van der Waals surface area contributed by atoms with E-state index in [2.05, 4.69) is 40.1 Å². The van der Waals surface area contributed by atoms with Crippen LogP contribution in [0.1, 0.15) is 13.8 Å². The molecule has 1 aromatic heterocycles. The number of hydrogen-bond acceptors (Lipinski definition) is 3. The van der Waals surface area contributed by atoms with Gasteiger partial charge in [0, 0.05) is 25.5 Å². The fraction of sp³-hybridized carbons (Fsp3) is 0.545. The molecule has 0 saturated carbocycles. The van der Waals surface area contributed by atoms with E-state index in [1.54, 1.807) is 12.4 Å². The number of ether oxygens (including phenoxy) is 1. The van der Waals surface area contributed by atoms with Crippen molar-refractivity contribution >= 4 is 21.6 Å². The third-order valence-corrected chi connectivity index (χ3v) is 2.42. The van der Waals surface area contributed by atoms with Crippen molar-refractivity contribution in [2.75, 3.05) is 25.1 Å². The van der Waals surface area contributed by atoms with Crippen molar-refractivity contribution in [1.29, 1.82) is 0 Å². The van der Waals surface area contributed by atoms with Gasteiger partial charge in [0.2, 0.25) is 0 Å². The average molecular weight is 273 g/mol. The average Bonchev–Trinajstić information content (AvgIpc) is 2.20. The summed E-state index contributed by atoms with van der Waals surface area (Å²) in [4.78, 5) is 3.99. The van der Waals surface area contributed by atoms with Gasteiger partial charge in [-0.1, -0.05) is 13.8 Å². The summed E-state index contributed by atoms with van der Waals surface area (Å²) in [6.45, 7) is 6.65. The number of anilines is 1. The van der Waals surface area contributed by atoms with Crippen molar-refractivity contribution < 1.29 is 4.74 Å². The van der Waals surface area contributed by atoms with E-state index in [0.717, 1.165) is 29.9 Å². The first kappa shape index (κ1) is 12.5. The molecule has 0 spiro atoms. The summed E-state index contributed by atoms with van der Waals surface area (Å²) in [5.74, 6) is 0.595. The lowest BCUT2D eigenvalue weighted by atomic mass is 10.2. The first-order valence-corrected chi connectivity index (χ1v) is 5.90. The van der Waals surface area contributed by atoms with Crippen LogP contribution in [0.5, 0.6) is 0 Å². The summed E-state index contributed by atoms with van der Waals surface area (Å²) >= 11 is 3.42. The molecule has 3 nitrogen and oxygen atoms in total. The molecule has 1 rings (SSSR count). The van der Waals surface area contributed by atoms with E-state index in [0.29, 0.717) is 5.92 Å². The van der Waals surface area contributed by atoms with E-state index in [4.69, 9.17) is 4.74 Å². The highest BCUT2D eigenvalue weighted by Gasteiger charge is 1.97. The number of aromatic nitrogens is 1. The van der Waals surface area contributed by atoms with Gasteiger partial charge in [0.25, 0.3) is 0 Å². The van der Waals surface area contributed by atoms with Gasteiger partial charge < -0.3 is 10.1 Å². The monoisotopic (exact) mass is 272 g/mol. The molecule has 0 radical (unpaired) electrons.